The van der Waals surface area contributed by atoms with Crippen molar-refractivity contribution in [3.8, 4) is 5.75 Å². The van der Waals surface area contributed by atoms with Crippen molar-refractivity contribution >= 4 is 35.9 Å². The SMILES string of the molecule is CCCCCC[C@H]1C(=O)O[C@H](C)[C@H](NC(=O)c2cccc(NC=O)c2OCc2ccccc2)C(=O)O[C@@H](C)[C@@H]1OC(=O)CCC. The van der Waals surface area contributed by atoms with Crippen molar-refractivity contribution in [2.24, 2.45) is 5.92 Å². The fourth-order valence-corrected chi connectivity index (χ4v) is 5.15. The standard InChI is InChI=1S/C34H44N2O9/c1-5-7-8-12-17-26-30(45-28(38)14-6-2)23(4)44-34(41)29(22(3)43-33(26)40)36-32(39)25-18-13-19-27(35-21-37)31(25)42-20-24-15-10-9-11-16-24/h9-11,13,15-16,18-19,21-23,26,29-30H,5-8,12,14,17,20H2,1-4H3,(H,35,37)(H,36,39)/t22-,23+,26-,29+,30+/m1/s1. The number of amides is 2. The Morgan fingerprint density at radius 3 is 2.31 bits per heavy atom. The monoisotopic (exact) mass is 624 g/mol. The van der Waals surface area contributed by atoms with E-state index in [0.29, 0.717) is 25.7 Å². The molecule has 2 aromatic rings. The Bertz CT molecular complexity index is 1300. The predicted octanol–water partition coefficient (Wildman–Crippen LogP) is 5.11. The zero-order valence-corrected chi connectivity index (χ0v) is 26.4. The summed E-state index contributed by atoms with van der Waals surface area (Å²) in [6.07, 6.45) is 1.96. The minimum Gasteiger partial charge on any atom is -0.486 e. The van der Waals surface area contributed by atoms with Gasteiger partial charge in [0.15, 0.2) is 17.9 Å². The summed E-state index contributed by atoms with van der Waals surface area (Å²) in [5.41, 5.74) is 1.12. The van der Waals surface area contributed by atoms with Crippen LogP contribution in [-0.2, 0) is 40.0 Å². The molecule has 244 valence electrons. The van der Waals surface area contributed by atoms with Crippen LogP contribution in [-0.4, -0.2) is 54.6 Å². The van der Waals surface area contributed by atoms with Crippen LogP contribution < -0.4 is 15.4 Å². The van der Waals surface area contributed by atoms with Gasteiger partial charge in [0.1, 0.15) is 18.8 Å². The number of ether oxygens (including phenoxy) is 4. The number of carbonyl (C=O) groups is 5. The lowest BCUT2D eigenvalue weighted by Crippen LogP contribution is -2.50. The summed E-state index contributed by atoms with van der Waals surface area (Å²) in [4.78, 5) is 64.5. The molecule has 1 fully saturated rings. The lowest BCUT2D eigenvalue weighted by atomic mass is 9.92. The molecule has 0 saturated carbocycles. The lowest BCUT2D eigenvalue weighted by Gasteiger charge is -2.29. The van der Waals surface area contributed by atoms with E-state index in [0.717, 1.165) is 24.8 Å². The van der Waals surface area contributed by atoms with Crippen molar-refractivity contribution in [2.75, 3.05) is 5.32 Å². The van der Waals surface area contributed by atoms with Crippen LogP contribution in [0.3, 0.4) is 0 Å². The number of cyclic esters (lactones) is 2. The van der Waals surface area contributed by atoms with Crippen molar-refractivity contribution in [3.63, 3.8) is 0 Å². The second kappa shape index (κ2) is 17.8. The smallest absolute Gasteiger partial charge is 0.332 e. The maximum absolute atomic E-state index is 13.7. The summed E-state index contributed by atoms with van der Waals surface area (Å²) < 4.78 is 23.2. The number of nitrogens with one attached hydrogen (secondary N) is 2. The average Bonchev–Trinajstić information content (AvgIpc) is 3.04. The minimum absolute atomic E-state index is 0.0391. The third-order valence-corrected chi connectivity index (χ3v) is 7.57. The van der Waals surface area contributed by atoms with Crippen molar-refractivity contribution in [1.29, 1.82) is 0 Å². The first-order valence-corrected chi connectivity index (χ1v) is 15.6. The quantitative estimate of drug-likeness (QED) is 0.119. The third-order valence-electron chi connectivity index (χ3n) is 7.57. The van der Waals surface area contributed by atoms with Crippen molar-refractivity contribution < 1.29 is 42.9 Å². The summed E-state index contributed by atoms with van der Waals surface area (Å²) in [6, 6.07) is 12.5. The predicted molar refractivity (Wildman–Crippen MR) is 166 cm³/mol. The number of hydrogen-bond acceptors (Lipinski definition) is 9. The Morgan fingerprint density at radius 1 is 0.889 bits per heavy atom. The average molecular weight is 625 g/mol. The highest BCUT2D eigenvalue weighted by Crippen LogP contribution is 2.31. The van der Waals surface area contributed by atoms with E-state index in [1.54, 1.807) is 19.1 Å². The molecule has 11 nitrogen and oxygen atoms in total. The Morgan fingerprint density at radius 2 is 1.62 bits per heavy atom. The molecule has 0 radical (unpaired) electrons. The lowest BCUT2D eigenvalue weighted by molar-refractivity contribution is -0.175. The number of anilines is 1. The van der Waals surface area contributed by atoms with E-state index in [1.165, 1.54) is 13.0 Å². The van der Waals surface area contributed by atoms with Crippen LogP contribution >= 0.6 is 0 Å². The number of hydrogen-bond donors (Lipinski definition) is 2. The molecule has 3 rings (SSSR count). The number of para-hydroxylation sites is 1. The molecule has 0 bridgehead atoms. The first-order valence-electron chi connectivity index (χ1n) is 15.6. The zero-order chi connectivity index (χ0) is 32.8. The van der Waals surface area contributed by atoms with Crippen LogP contribution in [0.25, 0.3) is 0 Å². The van der Waals surface area contributed by atoms with E-state index in [-0.39, 0.29) is 30.0 Å². The van der Waals surface area contributed by atoms with Crippen LogP contribution in [0.5, 0.6) is 5.75 Å². The molecule has 0 aliphatic carbocycles. The number of benzene rings is 2. The number of esters is 3. The van der Waals surface area contributed by atoms with Gasteiger partial charge in [0.25, 0.3) is 5.91 Å². The normalized spacial score (nSPS) is 21.6. The molecule has 45 heavy (non-hydrogen) atoms. The van der Waals surface area contributed by atoms with Gasteiger partial charge in [-0.15, -0.1) is 0 Å². The summed E-state index contributed by atoms with van der Waals surface area (Å²) >= 11 is 0. The fourth-order valence-electron chi connectivity index (χ4n) is 5.15. The number of rotatable bonds is 15. The molecule has 0 unspecified atom stereocenters. The van der Waals surface area contributed by atoms with E-state index < -0.39 is 54.1 Å². The van der Waals surface area contributed by atoms with Crippen LogP contribution in [0.15, 0.2) is 48.5 Å². The molecule has 1 aliphatic heterocycles. The highest BCUT2D eigenvalue weighted by atomic mass is 16.6. The molecule has 1 aliphatic rings. The van der Waals surface area contributed by atoms with Crippen molar-refractivity contribution in [1.82, 2.24) is 5.32 Å². The van der Waals surface area contributed by atoms with Gasteiger partial charge < -0.3 is 29.6 Å². The molecule has 2 amide bonds. The molecule has 0 spiro atoms. The third kappa shape index (κ3) is 10.1. The molecule has 1 saturated heterocycles. The highest BCUT2D eigenvalue weighted by molar-refractivity contribution is 6.01. The Hall–Kier alpha value is -4.41. The van der Waals surface area contributed by atoms with Gasteiger partial charge in [0, 0.05) is 6.42 Å². The van der Waals surface area contributed by atoms with E-state index >= 15 is 0 Å². The summed E-state index contributed by atoms with van der Waals surface area (Å²) in [5.74, 6) is -3.47. The topological polar surface area (TPSA) is 146 Å². The van der Waals surface area contributed by atoms with Gasteiger partial charge in [0.05, 0.1) is 17.2 Å². The van der Waals surface area contributed by atoms with Gasteiger partial charge in [-0.25, -0.2) is 4.79 Å². The summed E-state index contributed by atoms with van der Waals surface area (Å²) in [5, 5.41) is 5.17. The Balaban J connectivity index is 1.88. The molecule has 5 atom stereocenters. The molecular formula is C34H44N2O9. The minimum atomic E-state index is -1.39. The summed E-state index contributed by atoms with van der Waals surface area (Å²) in [7, 11) is 0. The van der Waals surface area contributed by atoms with Crippen LogP contribution in [0.2, 0.25) is 0 Å². The zero-order valence-electron chi connectivity index (χ0n) is 26.4. The van der Waals surface area contributed by atoms with E-state index in [4.69, 9.17) is 18.9 Å². The van der Waals surface area contributed by atoms with Crippen molar-refractivity contribution in [2.45, 2.75) is 104 Å². The fraction of sp³-hybridized carbons (Fsp3) is 0.500. The van der Waals surface area contributed by atoms with Crippen LogP contribution in [0, 0.1) is 5.92 Å². The van der Waals surface area contributed by atoms with Gasteiger partial charge in [-0.3, -0.25) is 19.2 Å². The maximum Gasteiger partial charge on any atom is 0.332 e. The van der Waals surface area contributed by atoms with E-state index in [9.17, 15) is 24.0 Å². The summed E-state index contributed by atoms with van der Waals surface area (Å²) in [6.45, 7) is 7.07. The van der Waals surface area contributed by atoms with Gasteiger partial charge in [-0.1, -0.05) is 75.9 Å². The first kappa shape index (κ1) is 35.1. The Kier molecular flexibility index (Phi) is 13.9. The molecule has 2 N–H and O–H groups in total. The number of carbonyl (C=O) groups excluding carboxylic acids is 5. The second-order valence-corrected chi connectivity index (χ2v) is 11.1. The molecule has 0 aromatic heterocycles. The Labute approximate surface area is 264 Å². The first-order chi connectivity index (χ1) is 21.7. The maximum atomic E-state index is 13.7. The van der Waals surface area contributed by atoms with Gasteiger partial charge in [-0.05, 0) is 44.4 Å². The van der Waals surface area contributed by atoms with Gasteiger partial charge in [0.2, 0.25) is 6.41 Å². The van der Waals surface area contributed by atoms with Gasteiger partial charge >= 0.3 is 17.9 Å². The molecular weight excluding hydrogens is 580 g/mol. The number of unbranched alkanes of at least 4 members (excludes halogenated alkanes) is 3. The molecule has 11 heteroatoms. The van der Waals surface area contributed by atoms with E-state index in [1.807, 2.05) is 37.3 Å². The van der Waals surface area contributed by atoms with Crippen LogP contribution in [0.1, 0.15) is 88.6 Å². The largest absolute Gasteiger partial charge is 0.486 e. The van der Waals surface area contributed by atoms with Crippen LogP contribution in [0.4, 0.5) is 5.69 Å². The van der Waals surface area contributed by atoms with E-state index in [2.05, 4.69) is 17.6 Å². The van der Waals surface area contributed by atoms with Crippen molar-refractivity contribution in [3.05, 3.63) is 59.7 Å². The molecule has 2 aromatic carbocycles. The van der Waals surface area contributed by atoms with Gasteiger partial charge in [-0.2, -0.15) is 0 Å². The highest BCUT2D eigenvalue weighted by Gasteiger charge is 2.43. The molecule has 1 heterocycles. The second-order valence-electron chi connectivity index (χ2n) is 11.1.